The van der Waals surface area contributed by atoms with Crippen LogP contribution in [0.2, 0.25) is 0 Å². The molecule has 3 heteroatoms. The van der Waals surface area contributed by atoms with E-state index in [1.165, 1.54) is 62.0 Å². The number of allylic oxidation sites excluding steroid dienone is 5. The SMILES string of the molecule is C=C1C=CC2(C)C(=C1)CCC1C2CCC2(C)C(C(N)C3SCCCS3)CCC12. The molecule has 7 atom stereocenters. The lowest BCUT2D eigenvalue weighted by Gasteiger charge is -2.57. The Morgan fingerprint density at radius 1 is 1.11 bits per heavy atom. The Kier molecular flexibility index (Phi) is 5.12. The third-order valence-corrected chi connectivity index (χ3v) is 12.5. The monoisotopic (exact) mass is 415 g/mol. The fourth-order valence-corrected chi connectivity index (χ4v) is 10.9. The molecule has 1 aliphatic heterocycles. The second kappa shape index (κ2) is 7.24. The average molecular weight is 416 g/mol. The zero-order valence-electron chi connectivity index (χ0n) is 17.7. The van der Waals surface area contributed by atoms with Crippen molar-refractivity contribution in [2.24, 2.45) is 40.2 Å². The van der Waals surface area contributed by atoms with Gasteiger partial charge in [0.15, 0.2) is 0 Å². The third kappa shape index (κ3) is 2.94. The summed E-state index contributed by atoms with van der Waals surface area (Å²) in [6.07, 6.45) is 16.8. The van der Waals surface area contributed by atoms with Crippen molar-refractivity contribution in [1.82, 2.24) is 0 Å². The summed E-state index contributed by atoms with van der Waals surface area (Å²) in [7, 11) is 0. The Morgan fingerprint density at radius 3 is 2.68 bits per heavy atom. The summed E-state index contributed by atoms with van der Waals surface area (Å²) >= 11 is 4.29. The highest BCUT2D eigenvalue weighted by molar-refractivity contribution is 8.17. The van der Waals surface area contributed by atoms with Crippen LogP contribution in [0.15, 0.2) is 36.0 Å². The lowest BCUT2D eigenvalue weighted by molar-refractivity contribution is -0.0367. The maximum atomic E-state index is 6.99. The molecule has 28 heavy (non-hydrogen) atoms. The van der Waals surface area contributed by atoms with E-state index in [2.05, 4.69) is 62.2 Å². The second-order valence-electron chi connectivity index (χ2n) is 10.5. The molecule has 7 unspecified atom stereocenters. The van der Waals surface area contributed by atoms with Crippen LogP contribution in [0.3, 0.4) is 0 Å². The minimum atomic E-state index is 0.278. The molecular formula is C25H37NS2. The van der Waals surface area contributed by atoms with Crippen LogP contribution in [0, 0.1) is 34.5 Å². The highest BCUT2D eigenvalue weighted by Crippen LogP contribution is 2.66. The molecule has 5 rings (SSSR count). The average Bonchev–Trinajstić information content (AvgIpc) is 3.06. The van der Waals surface area contributed by atoms with Crippen LogP contribution in [0.5, 0.6) is 0 Å². The first-order chi connectivity index (χ1) is 13.4. The first kappa shape index (κ1) is 19.8. The number of rotatable bonds is 2. The molecule has 1 nitrogen and oxygen atoms in total. The summed E-state index contributed by atoms with van der Waals surface area (Å²) in [5, 5.41) is 0. The van der Waals surface area contributed by atoms with E-state index in [1.54, 1.807) is 5.57 Å². The second-order valence-corrected chi connectivity index (χ2v) is 13.3. The van der Waals surface area contributed by atoms with Crippen LogP contribution in [-0.2, 0) is 0 Å². The van der Waals surface area contributed by atoms with E-state index in [4.69, 9.17) is 5.73 Å². The zero-order chi connectivity index (χ0) is 19.5. The molecule has 1 heterocycles. The number of hydrogen-bond donors (Lipinski definition) is 1. The van der Waals surface area contributed by atoms with Gasteiger partial charge in [-0.15, -0.1) is 23.5 Å². The van der Waals surface area contributed by atoms with Gasteiger partial charge in [0.2, 0.25) is 0 Å². The summed E-state index contributed by atoms with van der Waals surface area (Å²) in [5.41, 5.74) is 10.6. The van der Waals surface area contributed by atoms with E-state index >= 15 is 0 Å². The fraction of sp³-hybridized carbons (Fsp3) is 0.760. The first-order valence-corrected chi connectivity index (χ1v) is 13.6. The van der Waals surface area contributed by atoms with Crippen LogP contribution < -0.4 is 5.73 Å². The zero-order valence-corrected chi connectivity index (χ0v) is 19.3. The molecule has 4 fully saturated rings. The summed E-state index contributed by atoms with van der Waals surface area (Å²) in [6, 6.07) is 0.384. The maximum Gasteiger partial charge on any atom is 0.0656 e. The molecule has 154 valence electrons. The maximum absolute atomic E-state index is 6.99. The molecule has 3 saturated carbocycles. The van der Waals surface area contributed by atoms with Crippen molar-refractivity contribution in [3.63, 3.8) is 0 Å². The lowest BCUT2D eigenvalue weighted by atomic mass is 9.47. The van der Waals surface area contributed by atoms with Crippen molar-refractivity contribution in [1.29, 1.82) is 0 Å². The van der Waals surface area contributed by atoms with Crippen molar-refractivity contribution in [3.05, 3.63) is 36.0 Å². The smallest absolute Gasteiger partial charge is 0.0656 e. The van der Waals surface area contributed by atoms with Crippen molar-refractivity contribution >= 4 is 23.5 Å². The van der Waals surface area contributed by atoms with Gasteiger partial charge in [0.25, 0.3) is 0 Å². The molecule has 1 saturated heterocycles. The van der Waals surface area contributed by atoms with E-state index in [0.29, 0.717) is 16.0 Å². The third-order valence-electron chi connectivity index (χ3n) is 9.35. The summed E-state index contributed by atoms with van der Waals surface area (Å²) in [4.78, 5) is 0. The predicted molar refractivity (Wildman–Crippen MR) is 126 cm³/mol. The molecule has 0 aromatic carbocycles. The topological polar surface area (TPSA) is 26.0 Å². The van der Waals surface area contributed by atoms with Gasteiger partial charge in [0.1, 0.15) is 0 Å². The normalized spacial score (nSPS) is 47.1. The Hall–Kier alpha value is -0.120. The van der Waals surface area contributed by atoms with Gasteiger partial charge < -0.3 is 5.73 Å². The molecule has 0 amide bonds. The molecule has 0 aromatic heterocycles. The van der Waals surface area contributed by atoms with E-state index < -0.39 is 0 Å². The van der Waals surface area contributed by atoms with Crippen molar-refractivity contribution in [2.45, 2.75) is 69.4 Å². The molecule has 4 aliphatic carbocycles. The van der Waals surface area contributed by atoms with Crippen molar-refractivity contribution in [2.75, 3.05) is 11.5 Å². The quantitative estimate of drug-likeness (QED) is 0.563. The molecule has 0 aromatic rings. The molecule has 5 aliphatic rings. The number of fused-ring (bicyclic) bond motifs is 5. The van der Waals surface area contributed by atoms with Crippen LogP contribution in [0.4, 0.5) is 0 Å². The number of hydrogen-bond acceptors (Lipinski definition) is 3. The van der Waals surface area contributed by atoms with Gasteiger partial charge >= 0.3 is 0 Å². The lowest BCUT2D eigenvalue weighted by Crippen LogP contribution is -2.52. The van der Waals surface area contributed by atoms with Gasteiger partial charge in [-0.25, -0.2) is 0 Å². The fourth-order valence-electron chi connectivity index (χ4n) is 7.87. The molecule has 0 bridgehead atoms. The predicted octanol–water partition coefficient (Wildman–Crippen LogP) is 6.42. The van der Waals surface area contributed by atoms with Crippen LogP contribution in [-0.4, -0.2) is 22.1 Å². The van der Waals surface area contributed by atoms with Gasteiger partial charge in [-0.3, -0.25) is 0 Å². The van der Waals surface area contributed by atoms with E-state index in [1.807, 2.05) is 0 Å². The first-order valence-electron chi connectivity index (χ1n) is 11.5. The highest BCUT2D eigenvalue weighted by Gasteiger charge is 2.59. The van der Waals surface area contributed by atoms with Crippen LogP contribution >= 0.6 is 23.5 Å². The van der Waals surface area contributed by atoms with E-state index in [0.717, 1.165) is 23.7 Å². The number of nitrogens with two attached hydrogens (primary N) is 1. The summed E-state index contributed by atoms with van der Waals surface area (Å²) in [5.74, 6) is 5.96. The van der Waals surface area contributed by atoms with E-state index in [9.17, 15) is 0 Å². The Balaban J connectivity index is 1.39. The highest BCUT2D eigenvalue weighted by atomic mass is 32.2. The van der Waals surface area contributed by atoms with Gasteiger partial charge in [-0.1, -0.05) is 44.2 Å². The van der Waals surface area contributed by atoms with Gasteiger partial charge in [-0.2, -0.15) is 0 Å². The van der Waals surface area contributed by atoms with Gasteiger partial charge in [0.05, 0.1) is 4.58 Å². The standard InChI is InChI=1S/C25H37NS2/c1-16-9-11-24(2)17(15-16)5-6-18-19-7-8-21(25(19,3)12-10-20(18)24)22(26)23-27-13-4-14-28-23/h9,11,15,18-23H,1,4-8,10,12-14,26H2,2-3H3. The van der Waals surface area contributed by atoms with Crippen molar-refractivity contribution in [3.8, 4) is 0 Å². The Morgan fingerprint density at radius 2 is 1.89 bits per heavy atom. The Labute approximate surface area is 180 Å². The van der Waals surface area contributed by atoms with Gasteiger partial charge in [-0.05, 0) is 91.1 Å². The van der Waals surface area contributed by atoms with Crippen molar-refractivity contribution < 1.29 is 0 Å². The Bertz CT molecular complexity index is 705. The largest absolute Gasteiger partial charge is 0.326 e. The molecular weight excluding hydrogens is 378 g/mol. The van der Waals surface area contributed by atoms with Gasteiger partial charge in [0, 0.05) is 11.5 Å². The summed E-state index contributed by atoms with van der Waals surface area (Å²) < 4.78 is 0.637. The molecule has 0 spiro atoms. The van der Waals surface area contributed by atoms with E-state index in [-0.39, 0.29) is 5.41 Å². The van der Waals surface area contributed by atoms with Crippen LogP contribution in [0.1, 0.15) is 58.8 Å². The minimum Gasteiger partial charge on any atom is -0.326 e. The summed E-state index contributed by atoms with van der Waals surface area (Å²) in [6.45, 7) is 9.35. The van der Waals surface area contributed by atoms with Crippen LogP contribution in [0.25, 0.3) is 0 Å². The molecule has 2 N–H and O–H groups in total. The molecule has 0 radical (unpaired) electrons. The minimum absolute atomic E-state index is 0.278. The number of thioether (sulfide) groups is 2.